The molecule has 0 aliphatic carbocycles. The van der Waals surface area contributed by atoms with Crippen LogP contribution in [0.2, 0.25) is 0 Å². The Bertz CT molecular complexity index is 459. The average molecular weight is 247 g/mol. The zero-order valence-corrected chi connectivity index (χ0v) is 10.4. The highest BCUT2D eigenvalue weighted by molar-refractivity contribution is 5.96. The van der Waals surface area contributed by atoms with Gasteiger partial charge in [0.15, 0.2) is 0 Å². The van der Waals surface area contributed by atoms with E-state index in [9.17, 15) is 9.59 Å². The molecule has 1 aromatic rings. The number of nitrogens with zero attached hydrogens (tertiary/aromatic N) is 1. The number of nitrogens with one attached hydrogen (secondary N) is 2. The third-order valence-corrected chi connectivity index (χ3v) is 2.78. The van der Waals surface area contributed by atoms with Crippen molar-refractivity contribution in [2.45, 2.75) is 19.8 Å². The Morgan fingerprint density at radius 1 is 1.50 bits per heavy atom. The second-order valence-corrected chi connectivity index (χ2v) is 4.23. The first-order valence-corrected chi connectivity index (χ1v) is 6.16. The summed E-state index contributed by atoms with van der Waals surface area (Å²) < 4.78 is 0. The number of carbonyl (C=O) groups excluding carboxylic acids is 2. The number of rotatable bonds is 4. The van der Waals surface area contributed by atoms with Crippen LogP contribution >= 0.6 is 0 Å². The van der Waals surface area contributed by atoms with E-state index < -0.39 is 0 Å². The molecule has 0 saturated carbocycles. The molecule has 1 saturated heterocycles. The first kappa shape index (κ1) is 12.4. The molecule has 0 spiro atoms. The lowest BCUT2D eigenvalue weighted by Gasteiger charge is -2.15. The minimum absolute atomic E-state index is 0.000485. The fraction of sp³-hybridized carbons (Fsp3) is 0.385. The predicted octanol–water partition coefficient (Wildman–Crippen LogP) is 1.95. The summed E-state index contributed by atoms with van der Waals surface area (Å²) in [7, 11) is 0. The number of amides is 3. The molecule has 1 heterocycles. The number of hydrogen-bond acceptors (Lipinski definition) is 2. The highest BCUT2D eigenvalue weighted by atomic mass is 16.2. The van der Waals surface area contributed by atoms with E-state index in [1.165, 1.54) is 0 Å². The van der Waals surface area contributed by atoms with Crippen LogP contribution in [0, 0.1) is 0 Å². The van der Waals surface area contributed by atoms with Crippen LogP contribution in [-0.2, 0) is 4.79 Å². The van der Waals surface area contributed by atoms with E-state index in [1.54, 1.807) is 4.90 Å². The largest absolute Gasteiger partial charge is 0.336 e. The quantitative estimate of drug-likeness (QED) is 0.854. The van der Waals surface area contributed by atoms with E-state index >= 15 is 0 Å². The molecule has 3 amide bonds. The van der Waals surface area contributed by atoms with Crippen LogP contribution in [0.25, 0.3) is 0 Å². The van der Waals surface area contributed by atoms with Crippen LogP contribution in [-0.4, -0.2) is 25.0 Å². The summed E-state index contributed by atoms with van der Waals surface area (Å²) in [5.74, 6) is 0.000485. The minimum Gasteiger partial charge on any atom is -0.336 e. The zero-order valence-electron chi connectivity index (χ0n) is 10.4. The lowest BCUT2D eigenvalue weighted by Crippen LogP contribution is -2.27. The van der Waals surface area contributed by atoms with Gasteiger partial charge < -0.3 is 10.6 Å². The topological polar surface area (TPSA) is 61.4 Å². The van der Waals surface area contributed by atoms with Gasteiger partial charge in [-0.3, -0.25) is 9.69 Å². The Balaban J connectivity index is 2.10. The highest BCUT2D eigenvalue weighted by Gasteiger charge is 2.21. The molecule has 1 aliphatic heterocycles. The lowest BCUT2D eigenvalue weighted by atomic mass is 10.2. The third-order valence-electron chi connectivity index (χ3n) is 2.78. The maximum absolute atomic E-state index is 11.5. The van der Waals surface area contributed by atoms with E-state index in [0.29, 0.717) is 19.5 Å². The zero-order chi connectivity index (χ0) is 13.0. The Labute approximate surface area is 106 Å². The summed E-state index contributed by atoms with van der Waals surface area (Å²) in [6.07, 6.45) is 1.33. The number of anilines is 2. The summed E-state index contributed by atoms with van der Waals surface area (Å²) in [6, 6.07) is 7.25. The average Bonchev–Trinajstić information content (AvgIpc) is 2.76. The normalized spacial score (nSPS) is 14.5. The van der Waals surface area contributed by atoms with Crippen LogP contribution in [0.5, 0.6) is 0 Å². The SMILES string of the molecule is CCCC(=O)Nc1cccc(N2CCNC2=O)c1. The van der Waals surface area contributed by atoms with Crippen molar-refractivity contribution in [1.82, 2.24) is 5.32 Å². The molecule has 5 heteroatoms. The van der Waals surface area contributed by atoms with E-state index in [4.69, 9.17) is 0 Å². The molecular weight excluding hydrogens is 230 g/mol. The summed E-state index contributed by atoms with van der Waals surface area (Å²) in [5.41, 5.74) is 1.53. The predicted molar refractivity (Wildman–Crippen MR) is 70.7 cm³/mol. The van der Waals surface area contributed by atoms with Gasteiger partial charge in [-0.2, -0.15) is 0 Å². The molecule has 0 unspecified atom stereocenters. The maximum Gasteiger partial charge on any atom is 0.321 e. The fourth-order valence-electron chi connectivity index (χ4n) is 1.92. The van der Waals surface area contributed by atoms with Gasteiger partial charge in [0.2, 0.25) is 5.91 Å². The molecule has 0 radical (unpaired) electrons. The van der Waals surface area contributed by atoms with Crippen molar-refractivity contribution in [3.8, 4) is 0 Å². The van der Waals surface area contributed by atoms with Gasteiger partial charge in [0.05, 0.1) is 0 Å². The van der Waals surface area contributed by atoms with Crippen LogP contribution < -0.4 is 15.5 Å². The molecule has 2 N–H and O–H groups in total. The Morgan fingerprint density at radius 3 is 3.00 bits per heavy atom. The van der Waals surface area contributed by atoms with Crippen molar-refractivity contribution in [3.05, 3.63) is 24.3 Å². The van der Waals surface area contributed by atoms with Gasteiger partial charge in [-0.25, -0.2) is 4.79 Å². The molecule has 2 rings (SSSR count). The third kappa shape index (κ3) is 2.80. The summed E-state index contributed by atoms with van der Waals surface area (Å²) in [6.45, 7) is 3.28. The number of benzene rings is 1. The van der Waals surface area contributed by atoms with Crippen LogP contribution in [0.3, 0.4) is 0 Å². The van der Waals surface area contributed by atoms with Crippen molar-refractivity contribution >= 4 is 23.3 Å². The van der Waals surface area contributed by atoms with Gasteiger partial charge in [-0.15, -0.1) is 0 Å². The second-order valence-electron chi connectivity index (χ2n) is 4.23. The molecule has 96 valence electrons. The second kappa shape index (κ2) is 5.53. The maximum atomic E-state index is 11.5. The van der Waals surface area contributed by atoms with Crippen molar-refractivity contribution in [2.24, 2.45) is 0 Å². The van der Waals surface area contributed by atoms with Gasteiger partial charge in [-0.05, 0) is 24.6 Å². The van der Waals surface area contributed by atoms with Crippen molar-refractivity contribution in [1.29, 1.82) is 0 Å². The van der Waals surface area contributed by atoms with Gasteiger partial charge in [-0.1, -0.05) is 13.0 Å². The number of hydrogen-bond donors (Lipinski definition) is 2. The minimum atomic E-state index is -0.0907. The van der Waals surface area contributed by atoms with Crippen molar-refractivity contribution in [3.63, 3.8) is 0 Å². The molecule has 0 bridgehead atoms. The van der Waals surface area contributed by atoms with Crippen LogP contribution in [0.4, 0.5) is 16.2 Å². The smallest absolute Gasteiger partial charge is 0.321 e. The summed E-state index contributed by atoms with van der Waals surface area (Å²) in [4.78, 5) is 24.7. The fourth-order valence-corrected chi connectivity index (χ4v) is 1.92. The highest BCUT2D eigenvalue weighted by Crippen LogP contribution is 2.21. The van der Waals surface area contributed by atoms with E-state index in [-0.39, 0.29) is 11.9 Å². The molecule has 0 atom stereocenters. The number of urea groups is 1. The standard InChI is InChI=1S/C13H17N3O2/c1-2-4-12(17)15-10-5-3-6-11(9-10)16-8-7-14-13(16)18/h3,5-6,9H,2,4,7-8H2,1H3,(H,14,18)(H,15,17). The Morgan fingerprint density at radius 2 is 2.33 bits per heavy atom. The summed E-state index contributed by atoms with van der Waals surface area (Å²) >= 11 is 0. The number of carbonyl (C=O) groups is 2. The first-order valence-electron chi connectivity index (χ1n) is 6.16. The van der Waals surface area contributed by atoms with Gasteiger partial charge in [0, 0.05) is 30.9 Å². The lowest BCUT2D eigenvalue weighted by molar-refractivity contribution is -0.116. The Kier molecular flexibility index (Phi) is 3.82. The van der Waals surface area contributed by atoms with E-state index in [1.807, 2.05) is 31.2 Å². The summed E-state index contributed by atoms with van der Waals surface area (Å²) in [5, 5.41) is 5.57. The van der Waals surface area contributed by atoms with E-state index in [0.717, 1.165) is 17.8 Å². The molecule has 1 fully saturated rings. The van der Waals surface area contributed by atoms with Crippen molar-refractivity contribution in [2.75, 3.05) is 23.3 Å². The monoisotopic (exact) mass is 247 g/mol. The first-order chi connectivity index (χ1) is 8.70. The molecular formula is C13H17N3O2. The van der Waals surface area contributed by atoms with E-state index in [2.05, 4.69) is 10.6 Å². The molecule has 1 aromatic carbocycles. The van der Waals surface area contributed by atoms with Gasteiger partial charge in [0.1, 0.15) is 0 Å². The molecule has 18 heavy (non-hydrogen) atoms. The van der Waals surface area contributed by atoms with Crippen LogP contribution in [0.15, 0.2) is 24.3 Å². The van der Waals surface area contributed by atoms with Crippen molar-refractivity contribution < 1.29 is 9.59 Å². The molecule has 5 nitrogen and oxygen atoms in total. The van der Waals surface area contributed by atoms with Gasteiger partial charge >= 0.3 is 6.03 Å². The molecule has 1 aliphatic rings. The molecule has 0 aromatic heterocycles. The van der Waals surface area contributed by atoms with Gasteiger partial charge in [0.25, 0.3) is 0 Å². The van der Waals surface area contributed by atoms with Crippen LogP contribution in [0.1, 0.15) is 19.8 Å². The Hall–Kier alpha value is -2.04.